The van der Waals surface area contributed by atoms with Crippen LogP contribution in [0.5, 0.6) is 11.5 Å². The summed E-state index contributed by atoms with van der Waals surface area (Å²) in [5.74, 6) is 1.44. The van der Waals surface area contributed by atoms with E-state index in [9.17, 15) is 9.50 Å². The Balaban J connectivity index is 1.83. The van der Waals surface area contributed by atoms with Gasteiger partial charge in [-0.3, -0.25) is 0 Å². The van der Waals surface area contributed by atoms with Gasteiger partial charge in [0, 0.05) is 0 Å². The maximum absolute atomic E-state index is 14.7. The van der Waals surface area contributed by atoms with Gasteiger partial charge in [-0.1, -0.05) is 54.6 Å². The first-order chi connectivity index (χ1) is 16.0. The Labute approximate surface area is 193 Å². The molecule has 1 fully saturated rings. The highest BCUT2D eigenvalue weighted by Gasteiger charge is 2.45. The Kier molecular flexibility index (Phi) is 6.98. The maximum Gasteiger partial charge on any atom is 0.157 e. The molecule has 1 aliphatic rings. The first kappa shape index (κ1) is 23.2. The number of hydrogen-bond donors (Lipinski definition) is 1. The Morgan fingerprint density at radius 3 is 1.73 bits per heavy atom. The van der Waals surface area contributed by atoms with Gasteiger partial charge in [-0.2, -0.15) is 0 Å². The fraction of sp³-hybridized carbons (Fsp3) is 0.333. The molecule has 1 aliphatic heterocycles. The number of ether oxygens (including phenoxy) is 4. The van der Waals surface area contributed by atoms with Gasteiger partial charge in [-0.25, -0.2) is 4.39 Å². The second kappa shape index (κ2) is 9.91. The zero-order chi connectivity index (χ0) is 23.4. The van der Waals surface area contributed by atoms with E-state index in [1.54, 1.807) is 21.1 Å². The van der Waals surface area contributed by atoms with Crippen molar-refractivity contribution in [1.29, 1.82) is 0 Å². The molecule has 0 aromatic heterocycles. The van der Waals surface area contributed by atoms with Crippen LogP contribution >= 0.6 is 0 Å². The monoisotopic (exact) mass is 452 g/mol. The summed E-state index contributed by atoms with van der Waals surface area (Å²) in [4.78, 5) is 0. The molecule has 6 heteroatoms. The van der Waals surface area contributed by atoms with Crippen LogP contribution in [0.4, 0.5) is 4.39 Å². The average molecular weight is 453 g/mol. The molecular weight excluding hydrogens is 423 g/mol. The second-order valence-electron chi connectivity index (χ2n) is 8.13. The highest BCUT2D eigenvalue weighted by molar-refractivity contribution is 5.49. The first-order valence-corrected chi connectivity index (χ1v) is 11.0. The van der Waals surface area contributed by atoms with Gasteiger partial charge in [-0.15, -0.1) is 0 Å². The number of aliphatic hydroxyl groups excluding tert-OH is 1. The number of rotatable bonds is 8. The third kappa shape index (κ3) is 4.47. The largest absolute Gasteiger partial charge is 0.497 e. The van der Waals surface area contributed by atoms with Crippen molar-refractivity contribution in [3.8, 4) is 11.5 Å². The molecule has 1 saturated heterocycles. The van der Waals surface area contributed by atoms with E-state index in [0.29, 0.717) is 0 Å². The minimum Gasteiger partial charge on any atom is -0.497 e. The van der Waals surface area contributed by atoms with E-state index in [0.717, 1.165) is 28.2 Å². The lowest BCUT2D eigenvalue weighted by molar-refractivity contribution is -0.0706. The van der Waals surface area contributed by atoms with E-state index in [1.165, 1.54) is 0 Å². The standard InChI is InChI=1S/C27H29FO5/c1-18-26(29)25(28)24(33-18)17-32-27(19-7-5-4-6-8-19,20-9-13-22(30-2)14-10-20)21-11-15-23(31-3)16-12-21/h4-16,18,24-26,29H,17H2,1-3H3/t18-,24+,25+,26-/m0/s1. The molecule has 5 nitrogen and oxygen atoms in total. The smallest absolute Gasteiger partial charge is 0.157 e. The molecule has 174 valence electrons. The number of halogens is 1. The van der Waals surface area contributed by atoms with Crippen molar-refractivity contribution in [2.45, 2.75) is 37.0 Å². The van der Waals surface area contributed by atoms with Gasteiger partial charge in [0.2, 0.25) is 0 Å². The lowest BCUT2D eigenvalue weighted by Gasteiger charge is -2.37. The highest BCUT2D eigenvalue weighted by Crippen LogP contribution is 2.42. The van der Waals surface area contributed by atoms with Gasteiger partial charge < -0.3 is 24.1 Å². The van der Waals surface area contributed by atoms with Gasteiger partial charge in [0.15, 0.2) is 6.17 Å². The predicted molar refractivity (Wildman–Crippen MR) is 124 cm³/mol. The maximum atomic E-state index is 14.7. The normalized spacial score (nSPS) is 22.8. The molecule has 3 aromatic rings. The van der Waals surface area contributed by atoms with Crippen molar-refractivity contribution < 1.29 is 28.4 Å². The van der Waals surface area contributed by atoms with E-state index < -0.39 is 30.1 Å². The summed E-state index contributed by atoms with van der Waals surface area (Å²) in [5.41, 5.74) is 1.52. The van der Waals surface area contributed by atoms with E-state index >= 15 is 0 Å². The molecule has 0 spiro atoms. The first-order valence-electron chi connectivity index (χ1n) is 11.0. The van der Waals surface area contributed by atoms with Crippen LogP contribution in [0.3, 0.4) is 0 Å². The van der Waals surface area contributed by atoms with Gasteiger partial charge in [-0.05, 0) is 47.9 Å². The third-order valence-electron chi connectivity index (χ3n) is 6.19. The summed E-state index contributed by atoms with van der Waals surface area (Å²) in [6.07, 6.45) is -4.18. The molecule has 0 unspecified atom stereocenters. The van der Waals surface area contributed by atoms with E-state index in [4.69, 9.17) is 18.9 Å². The van der Waals surface area contributed by atoms with Gasteiger partial charge in [0.1, 0.15) is 29.3 Å². The molecule has 1 N–H and O–H groups in total. The summed E-state index contributed by atoms with van der Waals surface area (Å²) in [5, 5.41) is 10.0. The Hall–Kier alpha value is -2.93. The van der Waals surface area contributed by atoms with Crippen LogP contribution in [0.25, 0.3) is 0 Å². The van der Waals surface area contributed by atoms with Crippen LogP contribution in [0.1, 0.15) is 23.6 Å². The minimum atomic E-state index is -1.53. The van der Waals surface area contributed by atoms with Crippen LogP contribution < -0.4 is 9.47 Å². The topological polar surface area (TPSA) is 57.2 Å². The summed E-state index contributed by atoms with van der Waals surface area (Å²) in [6.45, 7) is 1.62. The number of methoxy groups -OCH3 is 2. The molecular formula is C27H29FO5. The second-order valence-corrected chi connectivity index (χ2v) is 8.13. The molecule has 0 saturated carbocycles. The fourth-order valence-corrected chi connectivity index (χ4v) is 4.32. The fourth-order valence-electron chi connectivity index (χ4n) is 4.32. The van der Waals surface area contributed by atoms with Gasteiger partial charge in [0.25, 0.3) is 0 Å². The Morgan fingerprint density at radius 2 is 1.30 bits per heavy atom. The molecule has 4 atom stereocenters. The Bertz CT molecular complexity index is 975. The minimum absolute atomic E-state index is 0.0461. The van der Waals surface area contributed by atoms with Crippen molar-refractivity contribution in [3.05, 3.63) is 95.6 Å². The van der Waals surface area contributed by atoms with Crippen molar-refractivity contribution in [2.75, 3.05) is 20.8 Å². The van der Waals surface area contributed by atoms with Crippen LogP contribution in [0.2, 0.25) is 0 Å². The van der Waals surface area contributed by atoms with Crippen molar-refractivity contribution >= 4 is 0 Å². The van der Waals surface area contributed by atoms with Gasteiger partial charge >= 0.3 is 0 Å². The molecule has 3 aromatic carbocycles. The van der Waals surface area contributed by atoms with Gasteiger partial charge in [0.05, 0.1) is 26.9 Å². The summed E-state index contributed by atoms with van der Waals surface area (Å²) in [7, 11) is 3.23. The van der Waals surface area contributed by atoms with Crippen LogP contribution in [-0.4, -0.2) is 50.4 Å². The van der Waals surface area contributed by atoms with Crippen molar-refractivity contribution in [1.82, 2.24) is 0 Å². The van der Waals surface area contributed by atoms with Crippen LogP contribution in [-0.2, 0) is 15.1 Å². The summed E-state index contributed by atoms with van der Waals surface area (Å²) < 4.78 is 37.7. The number of aliphatic hydroxyl groups is 1. The number of benzene rings is 3. The van der Waals surface area contributed by atoms with E-state index in [-0.39, 0.29) is 6.61 Å². The SMILES string of the molecule is COc1ccc(C(OC[C@H]2O[C@@H](C)[C@H](O)[C@@H]2F)(c2ccccc2)c2ccc(OC)cc2)cc1. The molecule has 33 heavy (non-hydrogen) atoms. The predicted octanol–water partition coefficient (Wildman–Crippen LogP) is 4.50. The molecule has 1 heterocycles. The molecule has 0 radical (unpaired) electrons. The van der Waals surface area contributed by atoms with Crippen LogP contribution in [0.15, 0.2) is 78.9 Å². The van der Waals surface area contributed by atoms with E-state index in [2.05, 4.69) is 0 Å². The third-order valence-corrected chi connectivity index (χ3v) is 6.19. The van der Waals surface area contributed by atoms with Crippen molar-refractivity contribution in [3.63, 3.8) is 0 Å². The lowest BCUT2D eigenvalue weighted by atomic mass is 9.80. The zero-order valence-corrected chi connectivity index (χ0v) is 19.0. The average Bonchev–Trinajstić information content (AvgIpc) is 3.12. The Morgan fingerprint density at radius 1 is 0.818 bits per heavy atom. The van der Waals surface area contributed by atoms with Crippen LogP contribution in [0, 0.1) is 0 Å². The number of hydrogen-bond acceptors (Lipinski definition) is 5. The molecule has 0 bridgehead atoms. The van der Waals surface area contributed by atoms with Crippen molar-refractivity contribution in [2.24, 2.45) is 0 Å². The highest BCUT2D eigenvalue weighted by atomic mass is 19.1. The molecule has 4 rings (SSSR count). The molecule has 0 amide bonds. The molecule has 0 aliphatic carbocycles. The summed E-state index contributed by atoms with van der Waals surface area (Å²) in [6, 6.07) is 25.0. The lowest BCUT2D eigenvalue weighted by Crippen LogP contribution is -2.38. The summed E-state index contributed by atoms with van der Waals surface area (Å²) >= 11 is 0. The number of alkyl halides is 1. The quantitative estimate of drug-likeness (QED) is 0.510. The van der Waals surface area contributed by atoms with E-state index in [1.807, 2.05) is 78.9 Å². The zero-order valence-electron chi connectivity index (χ0n) is 19.0.